The van der Waals surface area contributed by atoms with E-state index in [0.29, 0.717) is 5.92 Å². The number of carbonyl (C=O) groups excluding carboxylic acids is 1. The van der Waals surface area contributed by atoms with Gasteiger partial charge in [-0.3, -0.25) is 4.79 Å². The van der Waals surface area contributed by atoms with Gasteiger partial charge in [0.15, 0.2) is 5.78 Å². The lowest BCUT2D eigenvalue weighted by Gasteiger charge is -2.12. The van der Waals surface area contributed by atoms with Crippen molar-refractivity contribution in [3.8, 4) is 0 Å². The normalized spacial score (nSPS) is 12.6. The van der Waals surface area contributed by atoms with E-state index < -0.39 is 0 Å². The van der Waals surface area contributed by atoms with Crippen molar-refractivity contribution in [1.29, 1.82) is 0 Å². The van der Waals surface area contributed by atoms with E-state index >= 15 is 0 Å². The Morgan fingerprint density at radius 3 is 2.29 bits per heavy atom. The minimum Gasteiger partial charge on any atom is -0.370 e. The molecule has 0 radical (unpaired) electrons. The zero-order valence-corrected chi connectivity index (χ0v) is 14.0. The molecule has 118 valence electrons. The molecule has 0 saturated heterocycles. The Labute approximate surface area is 129 Å². The number of carbonyl (C=O) groups is 1. The highest BCUT2D eigenvalue weighted by molar-refractivity contribution is 5.97. The number of rotatable bonds is 10. The highest BCUT2D eigenvalue weighted by Gasteiger charge is 2.09. The summed E-state index contributed by atoms with van der Waals surface area (Å²) in [5, 5.41) is 0. The summed E-state index contributed by atoms with van der Waals surface area (Å²) in [6.45, 7) is 8.76. The van der Waals surface area contributed by atoms with Gasteiger partial charge in [0, 0.05) is 5.56 Å². The molecular formula is C19H30O2. The molecule has 0 aliphatic rings. The maximum atomic E-state index is 12.1. The molecule has 1 aromatic rings. The van der Waals surface area contributed by atoms with E-state index in [1.807, 2.05) is 24.3 Å². The van der Waals surface area contributed by atoms with Crippen molar-refractivity contribution in [2.45, 2.75) is 71.8 Å². The predicted molar refractivity (Wildman–Crippen MR) is 89.0 cm³/mol. The maximum absolute atomic E-state index is 12.1. The van der Waals surface area contributed by atoms with Gasteiger partial charge in [-0.25, -0.2) is 0 Å². The summed E-state index contributed by atoms with van der Waals surface area (Å²) < 4.78 is 5.67. The van der Waals surface area contributed by atoms with E-state index in [-0.39, 0.29) is 18.5 Å². The van der Waals surface area contributed by atoms with Gasteiger partial charge in [-0.05, 0) is 24.8 Å². The first kappa shape index (κ1) is 17.9. The number of ether oxygens (including phenoxy) is 1. The summed E-state index contributed by atoms with van der Waals surface area (Å²) in [7, 11) is 0. The second kappa shape index (κ2) is 9.73. The first-order valence-corrected chi connectivity index (χ1v) is 8.29. The van der Waals surface area contributed by atoms with Crippen LogP contribution in [0.25, 0.3) is 0 Å². The van der Waals surface area contributed by atoms with Gasteiger partial charge in [0.1, 0.15) is 6.61 Å². The molecule has 1 aromatic carbocycles. The number of unbranched alkanes of at least 4 members (excludes halogenated alkanes) is 3. The van der Waals surface area contributed by atoms with Crippen LogP contribution in [0.1, 0.15) is 81.6 Å². The molecule has 0 amide bonds. The fourth-order valence-corrected chi connectivity index (χ4v) is 2.30. The minimum absolute atomic E-state index is 0.0747. The van der Waals surface area contributed by atoms with Gasteiger partial charge < -0.3 is 4.74 Å². The molecule has 0 spiro atoms. The largest absolute Gasteiger partial charge is 0.370 e. The lowest BCUT2D eigenvalue weighted by Crippen LogP contribution is -2.16. The number of benzene rings is 1. The van der Waals surface area contributed by atoms with E-state index in [1.165, 1.54) is 31.2 Å². The Balaban J connectivity index is 2.32. The molecule has 2 nitrogen and oxygen atoms in total. The molecule has 1 atom stereocenters. The van der Waals surface area contributed by atoms with Crippen molar-refractivity contribution >= 4 is 5.78 Å². The van der Waals surface area contributed by atoms with Gasteiger partial charge in [0.05, 0.1) is 6.10 Å². The van der Waals surface area contributed by atoms with Crippen molar-refractivity contribution in [2.75, 3.05) is 6.61 Å². The maximum Gasteiger partial charge on any atom is 0.188 e. The molecule has 0 fully saturated rings. The highest BCUT2D eigenvalue weighted by Crippen LogP contribution is 2.15. The number of hydrogen-bond donors (Lipinski definition) is 0. The van der Waals surface area contributed by atoms with Crippen molar-refractivity contribution < 1.29 is 9.53 Å². The zero-order chi connectivity index (χ0) is 15.7. The Kier molecular flexibility index (Phi) is 8.29. The van der Waals surface area contributed by atoms with Crippen LogP contribution in [-0.4, -0.2) is 18.5 Å². The third-order valence-corrected chi connectivity index (χ3v) is 3.86. The molecule has 1 unspecified atom stereocenters. The molecule has 0 saturated carbocycles. The molecule has 0 aromatic heterocycles. The fourth-order valence-electron chi connectivity index (χ4n) is 2.30. The smallest absolute Gasteiger partial charge is 0.188 e. The first-order chi connectivity index (χ1) is 10.0. The SMILES string of the molecule is CCCCCCC(C)OCC(=O)c1ccc(C(C)C)cc1. The van der Waals surface area contributed by atoms with Crippen molar-refractivity contribution in [3.63, 3.8) is 0 Å². The molecule has 1 rings (SSSR count). The van der Waals surface area contributed by atoms with Crippen LogP contribution in [-0.2, 0) is 4.74 Å². The second-order valence-electron chi connectivity index (χ2n) is 6.17. The van der Waals surface area contributed by atoms with Crippen LogP contribution in [0.15, 0.2) is 24.3 Å². The molecule has 0 bridgehead atoms. The van der Waals surface area contributed by atoms with E-state index in [4.69, 9.17) is 4.74 Å². The lowest BCUT2D eigenvalue weighted by atomic mass is 10.0. The average Bonchev–Trinajstić information content (AvgIpc) is 2.49. The van der Waals surface area contributed by atoms with Gasteiger partial charge in [0.2, 0.25) is 0 Å². The minimum atomic E-state index is 0.0747. The number of ketones is 1. The van der Waals surface area contributed by atoms with Crippen LogP contribution in [0.4, 0.5) is 0 Å². The van der Waals surface area contributed by atoms with E-state index in [2.05, 4.69) is 27.7 Å². The molecular weight excluding hydrogens is 260 g/mol. The Bertz CT molecular complexity index is 406. The quantitative estimate of drug-likeness (QED) is 0.428. The summed E-state index contributed by atoms with van der Waals surface area (Å²) in [6, 6.07) is 7.89. The monoisotopic (exact) mass is 290 g/mol. The van der Waals surface area contributed by atoms with Gasteiger partial charge in [-0.1, -0.05) is 70.7 Å². The fraction of sp³-hybridized carbons (Fsp3) is 0.632. The van der Waals surface area contributed by atoms with Crippen molar-refractivity contribution in [2.24, 2.45) is 0 Å². The standard InChI is InChI=1S/C19H30O2/c1-5-6-7-8-9-16(4)21-14-19(20)18-12-10-17(11-13-18)15(2)3/h10-13,15-16H,5-9,14H2,1-4H3. The van der Waals surface area contributed by atoms with Gasteiger partial charge in [-0.15, -0.1) is 0 Å². The summed E-state index contributed by atoms with van der Waals surface area (Å²) in [5.74, 6) is 0.569. The third-order valence-electron chi connectivity index (χ3n) is 3.86. The number of hydrogen-bond acceptors (Lipinski definition) is 2. The third kappa shape index (κ3) is 6.90. The van der Waals surface area contributed by atoms with Gasteiger partial charge >= 0.3 is 0 Å². The van der Waals surface area contributed by atoms with E-state index in [0.717, 1.165) is 12.0 Å². The van der Waals surface area contributed by atoms with E-state index in [1.54, 1.807) is 0 Å². The Morgan fingerprint density at radius 2 is 1.71 bits per heavy atom. The van der Waals surface area contributed by atoms with Gasteiger partial charge in [-0.2, -0.15) is 0 Å². The van der Waals surface area contributed by atoms with E-state index in [9.17, 15) is 4.79 Å². The van der Waals surface area contributed by atoms with Crippen LogP contribution in [0, 0.1) is 0 Å². The molecule has 0 aliphatic carbocycles. The lowest BCUT2D eigenvalue weighted by molar-refractivity contribution is 0.0483. The van der Waals surface area contributed by atoms with Crippen LogP contribution in [0.2, 0.25) is 0 Å². The van der Waals surface area contributed by atoms with Gasteiger partial charge in [0.25, 0.3) is 0 Å². The predicted octanol–water partition coefficient (Wildman–Crippen LogP) is 5.37. The summed E-state index contributed by atoms with van der Waals surface area (Å²) in [5.41, 5.74) is 2.01. The summed E-state index contributed by atoms with van der Waals surface area (Å²) >= 11 is 0. The van der Waals surface area contributed by atoms with Crippen molar-refractivity contribution in [1.82, 2.24) is 0 Å². The summed E-state index contributed by atoms with van der Waals surface area (Å²) in [4.78, 5) is 12.1. The van der Waals surface area contributed by atoms with Crippen LogP contribution >= 0.6 is 0 Å². The summed E-state index contributed by atoms with van der Waals surface area (Å²) in [6.07, 6.45) is 6.19. The van der Waals surface area contributed by atoms with Crippen LogP contribution < -0.4 is 0 Å². The molecule has 21 heavy (non-hydrogen) atoms. The molecule has 0 heterocycles. The van der Waals surface area contributed by atoms with Crippen LogP contribution in [0.5, 0.6) is 0 Å². The average molecular weight is 290 g/mol. The van der Waals surface area contributed by atoms with Crippen molar-refractivity contribution in [3.05, 3.63) is 35.4 Å². The zero-order valence-electron chi connectivity index (χ0n) is 14.0. The number of Topliss-reactive ketones (excluding diaryl/α,β-unsaturated/α-hetero) is 1. The first-order valence-electron chi connectivity index (χ1n) is 8.29. The van der Waals surface area contributed by atoms with Crippen LogP contribution in [0.3, 0.4) is 0 Å². The second-order valence-corrected chi connectivity index (χ2v) is 6.17. The molecule has 0 N–H and O–H groups in total. The topological polar surface area (TPSA) is 26.3 Å². The Hall–Kier alpha value is -1.15. The molecule has 2 heteroatoms. The Morgan fingerprint density at radius 1 is 1.05 bits per heavy atom. The molecule has 0 aliphatic heterocycles. The highest BCUT2D eigenvalue weighted by atomic mass is 16.5.